The molecule has 4 aromatic carbocycles. The van der Waals surface area contributed by atoms with E-state index in [0.717, 1.165) is 27.8 Å². The summed E-state index contributed by atoms with van der Waals surface area (Å²) in [5.41, 5.74) is 3.95. The highest BCUT2D eigenvalue weighted by molar-refractivity contribution is 6.30. The lowest BCUT2D eigenvalue weighted by molar-refractivity contribution is -0.147. The van der Waals surface area contributed by atoms with Gasteiger partial charge in [0.1, 0.15) is 0 Å². The average Bonchev–Trinajstić information content (AvgIpc) is 3.21. The fraction of sp³-hybridized carbons (Fsp3) is 0.100. The van der Waals surface area contributed by atoms with Gasteiger partial charge < -0.3 is 4.74 Å². The lowest BCUT2D eigenvalue weighted by atomic mass is 9.80. The number of esters is 1. The lowest BCUT2D eigenvalue weighted by Crippen LogP contribution is -2.27. The van der Waals surface area contributed by atoms with E-state index in [1.165, 1.54) is 0 Å². The molecule has 5 rings (SSSR count). The SMILES string of the molecule is O=C1O[C@](c2ccccc2)(c2ccc(Cl)cc2)C[C@@H]1/C=C(/c1ccccc1)c1ccc(Cl)cc1. The minimum atomic E-state index is -0.883. The number of cyclic esters (lactones) is 1. The highest BCUT2D eigenvalue weighted by Crippen LogP contribution is 2.46. The molecular formula is C30H22Cl2O2. The molecule has 0 saturated carbocycles. The molecule has 1 aliphatic heterocycles. The Morgan fingerprint density at radius 2 is 1.21 bits per heavy atom. The molecule has 0 unspecified atom stereocenters. The van der Waals surface area contributed by atoms with Crippen LogP contribution in [-0.2, 0) is 15.1 Å². The number of halogens is 2. The largest absolute Gasteiger partial charge is 0.449 e. The van der Waals surface area contributed by atoms with Crippen LogP contribution in [0.1, 0.15) is 28.7 Å². The second-order valence-electron chi connectivity index (χ2n) is 8.38. The molecule has 1 aliphatic rings. The van der Waals surface area contributed by atoms with Crippen LogP contribution in [0, 0.1) is 5.92 Å². The van der Waals surface area contributed by atoms with E-state index in [0.29, 0.717) is 16.5 Å². The monoisotopic (exact) mass is 484 g/mol. The first-order chi connectivity index (χ1) is 16.5. The molecule has 0 bridgehead atoms. The van der Waals surface area contributed by atoms with Gasteiger partial charge in [0, 0.05) is 27.6 Å². The van der Waals surface area contributed by atoms with E-state index < -0.39 is 11.5 Å². The molecule has 0 radical (unpaired) electrons. The zero-order valence-electron chi connectivity index (χ0n) is 18.3. The molecule has 4 aromatic rings. The second kappa shape index (κ2) is 9.50. The summed E-state index contributed by atoms with van der Waals surface area (Å²) in [5, 5.41) is 1.31. The molecule has 2 nitrogen and oxygen atoms in total. The molecule has 1 fully saturated rings. The Bertz CT molecular complexity index is 1310. The number of hydrogen-bond acceptors (Lipinski definition) is 2. The van der Waals surface area contributed by atoms with Gasteiger partial charge in [0.2, 0.25) is 0 Å². The highest BCUT2D eigenvalue weighted by atomic mass is 35.5. The van der Waals surface area contributed by atoms with Crippen molar-refractivity contribution >= 4 is 34.7 Å². The van der Waals surface area contributed by atoms with Gasteiger partial charge in [-0.3, -0.25) is 4.79 Å². The average molecular weight is 485 g/mol. The van der Waals surface area contributed by atoms with Gasteiger partial charge in [-0.25, -0.2) is 0 Å². The van der Waals surface area contributed by atoms with Crippen molar-refractivity contribution < 1.29 is 9.53 Å². The molecule has 0 aromatic heterocycles. The van der Waals surface area contributed by atoms with Gasteiger partial charge in [-0.1, -0.05) is 114 Å². The Hall–Kier alpha value is -3.33. The number of carbonyl (C=O) groups excluding carboxylic acids is 1. The number of benzene rings is 4. The van der Waals surface area contributed by atoms with Crippen molar-refractivity contribution in [2.45, 2.75) is 12.0 Å². The number of ether oxygens (including phenoxy) is 1. The first-order valence-electron chi connectivity index (χ1n) is 11.1. The third kappa shape index (κ3) is 4.40. The van der Waals surface area contributed by atoms with Crippen molar-refractivity contribution in [3.05, 3.63) is 148 Å². The quantitative estimate of drug-likeness (QED) is 0.268. The van der Waals surface area contributed by atoms with Crippen molar-refractivity contribution in [2.75, 3.05) is 0 Å². The fourth-order valence-electron chi connectivity index (χ4n) is 4.56. The summed E-state index contributed by atoms with van der Waals surface area (Å²) in [4.78, 5) is 13.3. The van der Waals surface area contributed by atoms with Crippen LogP contribution in [0.2, 0.25) is 10.0 Å². The molecule has 1 heterocycles. The van der Waals surface area contributed by atoms with Crippen LogP contribution in [-0.4, -0.2) is 5.97 Å². The first-order valence-corrected chi connectivity index (χ1v) is 11.9. The maximum absolute atomic E-state index is 13.3. The molecule has 0 spiro atoms. The normalized spacial score (nSPS) is 20.2. The van der Waals surface area contributed by atoms with Crippen molar-refractivity contribution in [1.29, 1.82) is 0 Å². The number of hydrogen-bond donors (Lipinski definition) is 0. The summed E-state index contributed by atoms with van der Waals surface area (Å²) in [5.74, 6) is -0.678. The van der Waals surface area contributed by atoms with Crippen molar-refractivity contribution in [3.63, 3.8) is 0 Å². The smallest absolute Gasteiger partial charge is 0.314 e. The Morgan fingerprint density at radius 3 is 1.82 bits per heavy atom. The summed E-state index contributed by atoms with van der Waals surface area (Å²) < 4.78 is 6.22. The summed E-state index contributed by atoms with van der Waals surface area (Å²) in [7, 11) is 0. The standard InChI is InChI=1S/C30H22Cl2O2/c31-26-15-11-22(12-16-26)28(21-7-3-1-4-8-21)19-23-20-30(34-29(23)33,24-9-5-2-6-10-24)25-13-17-27(32)18-14-25/h1-19,23H,20H2/b28-19-/t23-,30+/m0/s1. The second-order valence-corrected chi connectivity index (χ2v) is 9.26. The van der Waals surface area contributed by atoms with Crippen LogP contribution in [0.15, 0.2) is 115 Å². The van der Waals surface area contributed by atoms with Crippen LogP contribution in [0.5, 0.6) is 0 Å². The molecule has 0 amide bonds. The maximum Gasteiger partial charge on any atom is 0.314 e. The molecule has 2 atom stereocenters. The van der Waals surface area contributed by atoms with Crippen LogP contribution in [0.25, 0.3) is 5.57 Å². The van der Waals surface area contributed by atoms with E-state index in [-0.39, 0.29) is 5.97 Å². The topological polar surface area (TPSA) is 26.3 Å². The minimum Gasteiger partial charge on any atom is -0.449 e. The van der Waals surface area contributed by atoms with Crippen LogP contribution in [0.3, 0.4) is 0 Å². The van der Waals surface area contributed by atoms with E-state index >= 15 is 0 Å². The molecule has 4 heteroatoms. The Balaban J connectivity index is 1.61. The van der Waals surface area contributed by atoms with E-state index in [1.807, 2.05) is 115 Å². The van der Waals surface area contributed by atoms with Crippen LogP contribution >= 0.6 is 23.2 Å². The predicted octanol–water partition coefficient (Wildman–Crippen LogP) is 7.93. The Labute approximate surface area is 209 Å². The lowest BCUT2D eigenvalue weighted by Gasteiger charge is -2.29. The third-order valence-electron chi connectivity index (χ3n) is 6.24. The summed E-state index contributed by atoms with van der Waals surface area (Å²) in [6.45, 7) is 0. The number of carbonyl (C=O) groups is 1. The van der Waals surface area contributed by atoms with Crippen molar-refractivity contribution in [2.24, 2.45) is 5.92 Å². The van der Waals surface area contributed by atoms with Crippen LogP contribution in [0.4, 0.5) is 0 Å². The van der Waals surface area contributed by atoms with Gasteiger partial charge in [0.05, 0.1) is 5.92 Å². The molecule has 1 saturated heterocycles. The van der Waals surface area contributed by atoms with E-state index in [4.69, 9.17) is 27.9 Å². The molecule has 168 valence electrons. The van der Waals surface area contributed by atoms with Gasteiger partial charge >= 0.3 is 5.97 Å². The highest BCUT2D eigenvalue weighted by Gasteiger charge is 2.48. The van der Waals surface area contributed by atoms with E-state index in [1.54, 1.807) is 0 Å². The number of rotatable bonds is 5. The van der Waals surface area contributed by atoms with E-state index in [2.05, 4.69) is 0 Å². The molecule has 0 N–H and O–H groups in total. The van der Waals surface area contributed by atoms with Gasteiger partial charge in [-0.05, 0) is 41.0 Å². The van der Waals surface area contributed by atoms with Crippen molar-refractivity contribution in [1.82, 2.24) is 0 Å². The zero-order valence-corrected chi connectivity index (χ0v) is 19.8. The van der Waals surface area contributed by atoms with Crippen molar-refractivity contribution in [3.8, 4) is 0 Å². The predicted molar refractivity (Wildman–Crippen MR) is 138 cm³/mol. The van der Waals surface area contributed by atoms with E-state index in [9.17, 15) is 4.79 Å². The third-order valence-corrected chi connectivity index (χ3v) is 6.75. The zero-order chi connectivity index (χ0) is 23.5. The van der Waals surface area contributed by atoms with Gasteiger partial charge in [0.25, 0.3) is 0 Å². The molecule has 34 heavy (non-hydrogen) atoms. The summed E-state index contributed by atoms with van der Waals surface area (Å²) in [6.07, 6.45) is 2.52. The molecular weight excluding hydrogens is 463 g/mol. The van der Waals surface area contributed by atoms with Crippen LogP contribution < -0.4 is 0 Å². The Morgan fingerprint density at radius 1 is 0.706 bits per heavy atom. The summed E-state index contributed by atoms with van der Waals surface area (Å²) in [6, 6.07) is 35.2. The van der Waals surface area contributed by atoms with Gasteiger partial charge in [0.15, 0.2) is 5.60 Å². The van der Waals surface area contributed by atoms with Gasteiger partial charge in [-0.15, -0.1) is 0 Å². The van der Waals surface area contributed by atoms with Gasteiger partial charge in [-0.2, -0.15) is 0 Å². The Kier molecular flexibility index (Phi) is 6.28. The first kappa shape index (κ1) is 22.5. The maximum atomic E-state index is 13.3. The summed E-state index contributed by atoms with van der Waals surface area (Å²) >= 11 is 12.3. The fourth-order valence-corrected chi connectivity index (χ4v) is 4.82. The minimum absolute atomic E-state index is 0.249. The molecule has 0 aliphatic carbocycles.